The van der Waals surface area contributed by atoms with Gasteiger partial charge in [-0.3, -0.25) is 14.4 Å². The van der Waals surface area contributed by atoms with Crippen molar-refractivity contribution in [2.24, 2.45) is 10.7 Å². The van der Waals surface area contributed by atoms with E-state index in [1.165, 1.54) is 0 Å². The number of fused-ring (bicyclic) bond motifs is 1. The van der Waals surface area contributed by atoms with Crippen LogP contribution in [0, 0.1) is 0 Å². The summed E-state index contributed by atoms with van der Waals surface area (Å²) in [5, 5.41) is 2.96. The van der Waals surface area contributed by atoms with Crippen LogP contribution in [-0.2, 0) is 22.4 Å². The summed E-state index contributed by atoms with van der Waals surface area (Å²) in [5.41, 5.74) is 11.4. The number of ketones is 1. The van der Waals surface area contributed by atoms with E-state index in [4.69, 9.17) is 5.73 Å². The molecule has 0 bridgehead atoms. The lowest BCUT2D eigenvalue weighted by molar-refractivity contribution is -0.127. The van der Waals surface area contributed by atoms with E-state index in [9.17, 15) is 14.4 Å². The van der Waals surface area contributed by atoms with Gasteiger partial charge in [-0.25, -0.2) is 4.99 Å². The Morgan fingerprint density at radius 3 is 2.23 bits per heavy atom. The molecule has 0 aromatic heterocycles. The molecule has 1 aliphatic heterocycles. The van der Waals surface area contributed by atoms with Crippen molar-refractivity contribution in [3.8, 4) is 0 Å². The summed E-state index contributed by atoms with van der Waals surface area (Å²) >= 11 is 0. The van der Waals surface area contributed by atoms with Gasteiger partial charge < -0.3 is 16.0 Å². The molecule has 0 spiro atoms. The second-order valence-corrected chi connectivity index (χ2v) is 10.7. The Kier molecular flexibility index (Phi) is 12.4. The molecule has 3 N–H and O–H groups in total. The van der Waals surface area contributed by atoms with Crippen molar-refractivity contribution in [3.05, 3.63) is 101 Å². The molecule has 0 fully saturated rings. The molecule has 0 aliphatic carbocycles. The van der Waals surface area contributed by atoms with Gasteiger partial charge in [0.15, 0.2) is 0 Å². The third-order valence-corrected chi connectivity index (χ3v) is 7.22. The topological polar surface area (TPSA) is 105 Å². The minimum absolute atomic E-state index is 0. The van der Waals surface area contributed by atoms with E-state index in [1.807, 2.05) is 65.6 Å². The summed E-state index contributed by atoms with van der Waals surface area (Å²) in [6.45, 7) is 5.50. The first kappa shape index (κ1) is 33.0. The molecule has 0 unspecified atom stereocenters. The molecule has 3 aromatic rings. The van der Waals surface area contributed by atoms with Crippen molar-refractivity contribution in [3.63, 3.8) is 0 Å². The number of amides is 2. The van der Waals surface area contributed by atoms with Crippen LogP contribution in [0.4, 0.5) is 11.4 Å². The van der Waals surface area contributed by atoms with Crippen LogP contribution in [0.15, 0.2) is 83.4 Å². The number of aryl methyl sites for hydroxylation is 2. The van der Waals surface area contributed by atoms with Crippen LogP contribution in [0.25, 0.3) is 6.08 Å². The van der Waals surface area contributed by atoms with Gasteiger partial charge in [0.1, 0.15) is 11.6 Å². The Morgan fingerprint density at radius 2 is 1.53 bits per heavy atom. The highest BCUT2D eigenvalue weighted by molar-refractivity contribution is 6.08. The number of aliphatic imine (C=N–C) groups is 1. The average molecular weight is 581 g/mol. The lowest BCUT2D eigenvalue weighted by Crippen LogP contribution is -2.34. The molecule has 1 aliphatic rings. The van der Waals surface area contributed by atoms with Crippen molar-refractivity contribution in [1.29, 1.82) is 0 Å². The molecule has 43 heavy (non-hydrogen) atoms. The smallest absolute Gasteiger partial charge is 0.255 e. The van der Waals surface area contributed by atoms with Gasteiger partial charge in [-0.1, -0.05) is 69.8 Å². The van der Waals surface area contributed by atoms with Crippen molar-refractivity contribution >= 4 is 40.9 Å². The molecule has 0 radical (unpaired) electrons. The quantitative estimate of drug-likeness (QED) is 0.224. The number of amidine groups is 1. The second kappa shape index (κ2) is 16.2. The number of carbonyl (C=O) groups is 3. The molecular formula is C36H44N4O3. The number of nitrogens with one attached hydrogen (secondary N) is 1. The number of nitrogens with two attached hydrogens (primary N) is 1. The summed E-state index contributed by atoms with van der Waals surface area (Å²) in [6, 6.07) is 22.8. The normalized spacial score (nSPS) is 12.1. The van der Waals surface area contributed by atoms with Gasteiger partial charge in [0.25, 0.3) is 5.91 Å². The first-order valence-corrected chi connectivity index (χ1v) is 14.8. The van der Waals surface area contributed by atoms with Crippen LogP contribution in [-0.4, -0.2) is 41.4 Å². The van der Waals surface area contributed by atoms with E-state index in [0.717, 1.165) is 36.0 Å². The highest BCUT2D eigenvalue weighted by atomic mass is 16.2. The highest BCUT2D eigenvalue weighted by Crippen LogP contribution is 2.29. The molecule has 7 nitrogen and oxygen atoms in total. The van der Waals surface area contributed by atoms with Crippen LogP contribution in [0.3, 0.4) is 0 Å². The molecule has 0 saturated heterocycles. The summed E-state index contributed by atoms with van der Waals surface area (Å²) in [4.78, 5) is 45.2. The molecule has 4 rings (SSSR count). The second-order valence-electron chi connectivity index (χ2n) is 10.7. The van der Waals surface area contributed by atoms with E-state index in [2.05, 4.69) is 24.2 Å². The van der Waals surface area contributed by atoms with Crippen LogP contribution >= 0.6 is 0 Å². The summed E-state index contributed by atoms with van der Waals surface area (Å²) in [7, 11) is 0. The van der Waals surface area contributed by atoms with Crippen LogP contribution in [0.1, 0.15) is 80.4 Å². The molecule has 1 heterocycles. The molecule has 226 valence electrons. The zero-order chi connectivity index (χ0) is 29.9. The SMILES string of the molecule is C.CCCN(CCC)C(=O)C1=Cc2ccc(C(=O)Nc3cccc(CCC(=O)CCc4ccccc4)c3)cc2N=C(N)C1. The van der Waals surface area contributed by atoms with Crippen molar-refractivity contribution < 1.29 is 14.4 Å². The van der Waals surface area contributed by atoms with Crippen LogP contribution in [0.5, 0.6) is 0 Å². The number of rotatable bonds is 13. The monoisotopic (exact) mass is 580 g/mol. The van der Waals surface area contributed by atoms with Gasteiger partial charge in [-0.15, -0.1) is 0 Å². The van der Waals surface area contributed by atoms with Gasteiger partial charge in [0.05, 0.1) is 5.69 Å². The minimum atomic E-state index is -0.274. The van der Waals surface area contributed by atoms with Gasteiger partial charge in [0.2, 0.25) is 5.91 Å². The van der Waals surface area contributed by atoms with Gasteiger partial charge in [-0.2, -0.15) is 0 Å². The lowest BCUT2D eigenvalue weighted by Gasteiger charge is -2.22. The Morgan fingerprint density at radius 1 is 0.860 bits per heavy atom. The number of hydrogen-bond donors (Lipinski definition) is 2. The first-order chi connectivity index (χ1) is 20.4. The maximum Gasteiger partial charge on any atom is 0.255 e. The molecular weight excluding hydrogens is 536 g/mol. The molecule has 3 aromatic carbocycles. The average Bonchev–Trinajstić information content (AvgIpc) is 3.16. The predicted molar refractivity (Wildman–Crippen MR) is 177 cm³/mol. The van der Waals surface area contributed by atoms with Gasteiger partial charge in [0, 0.05) is 54.7 Å². The molecule has 0 atom stereocenters. The van der Waals surface area contributed by atoms with Crippen molar-refractivity contribution in [2.75, 3.05) is 18.4 Å². The maximum absolute atomic E-state index is 13.2. The number of Topliss-reactive ketones (excluding diaryl/α,β-unsaturated/α-hetero) is 1. The largest absolute Gasteiger partial charge is 0.387 e. The van der Waals surface area contributed by atoms with Crippen LogP contribution < -0.4 is 11.1 Å². The van der Waals surface area contributed by atoms with E-state index in [1.54, 1.807) is 18.2 Å². The van der Waals surface area contributed by atoms with Gasteiger partial charge >= 0.3 is 0 Å². The van der Waals surface area contributed by atoms with Crippen LogP contribution in [0.2, 0.25) is 0 Å². The maximum atomic E-state index is 13.2. The third-order valence-electron chi connectivity index (χ3n) is 7.22. The molecule has 7 heteroatoms. The third kappa shape index (κ3) is 9.50. The lowest BCUT2D eigenvalue weighted by atomic mass is 10.0. The fourth-order valence-electron chi connectivity index (χ4n) is 5.07. The highest BCUT2D eigenvalue weighted by Gasteiger charge is 2.21. The van der Waals surface area contributed by atoms with Crippen molar-refractivity contribution in [1.82, 2.24) is 4.90 Å². The number of anilines is 1. The summed E-state index contributed by atoms with van der Waals surface area (Å²) in [5.74, 6) is 0.263. The number of benzene rings is 3. The zero-order valence-corrected chi connectivity index (χ0v) is 24.6. The Hall–Kier alpha value is -4.52. The zero-order valence-electron chi connectivity index (χ0n) is 24.6. The van der Waals surface area contributed by atoms with E-state index in [0.29, 0.717) is 60.7 Å². The minimum Gasteiger partial charge on any atom is -0.387 e. The molecule has 0 saturated carbocycles. The number of hydrogen-bond acceptors (Lipinski definition) is 5. The van der Waals surface area contributed by atoms with E-state index < -0.39 is 0 Å². The van der Waals surface area contributed by atoms with Crippen molar-refractivity contribution in [2.45, 2.75) is 66.2 Å². The standard InChI is InChI=1S/C35H40N4O3.CH4/c1-3-19-39(20-4-2)35(42)29-22-27-15-16-28(23-32(27)38-33(36)24-29)34(41)37-30-12-8-11-26(21-30)14-18-31(40)17-13-25-9-6-5-7-10-25;/h5-12,15-16,21-23H,3-4,13-14,17-20,24H2,1-2H3,(H2,36,38)(H,37,41);1H4. The fraction of sp³-hybridized carbons (Fsp3) is 0.333. The fourth-order valence-corrected chi connectivity index (χ4v) is 5.07. The van der Waals surface area contributed by atoms with E-state index >= 15 is 0 Å². The predicted octanol–water partition coefficient (Wildman–Crippen LogP) is 7.13. The van der Waals surface area contributed by atoms with E-state index in [-0.39, 0.29) is 31.4 Å². The Balaban J connectivity index is 0.00000506. The van der Waals surface area contributed by atoms with Gasteiger partial charge in [-0.05, 0) is 67.2 Å². The summed E-state index contributed by atoms with van der Waals surface area (Å²) < 4.78 is 0. The number of carbonyl (C=O) groups excluding carboxylic acids is 3. The number of nitrogens with zero attached hydrogens (tertiary/aromatic N) is 2. The summed E-state index contributed by atoms with van der Waals surface area (Å²) in [6.07, 6.45) is 6.21. The molecule has 2 amide bonds. The first-order valence-electron chi connectivity index (χ1n) is 14.8. The Labute approximate surface area is 255 Å². The Bertz CT molecular complexity index is 1470.